The number of hydrogen-bond acceptors (Lipinski definition) is 9. The van der Waals surface area contributed by atoms with Gasteiger partial charge in [-0.15, -0.1) is 0 Å². The zero-order valence-electron chi connectivity index (χ0n) is 19.6. The van der Waals surface area contributed by atoms with Crippen molar-refractivity contribution in [2.45, 2.75) is 16.0 Å². The standard InChI is InChI=1S/C24H16F3N3O7S2/c1-38(33,34)17-10-7-15(8-11-17)21-20(14-5-3-2-4-6-14)22(29-23(28-21)24(25,26)27)18-13-16(30(31)32)9-12-19(18)39(35,36)37/h2-13H,1H3,(H,35,36,37)/p-1. The minimum atomic E-state index is -5.35. The Kier molecular flexibility index (Phi) is 7.01. The molecule has 0 fully saturated rings. The Labute approximate surface area is 219 Å². The molecule has 0 saturated carbocycles. The Morgan fingerprint density at radius 1 is 0.821 bits per heavy atom. The second-order valence-electron chi connectivity index (χ2n) is 8.17. The van der Waals surface area contributed by atoms with Gasteiger partial charge in [-0.2, -0.15) is 13.2 Å². The number of benzene rings is 3. The average Bonchev–Trinajstić information content (AvgIpc) is 2.86. The minimum Gasteiger partial charge on any atom is -0.744 e. The zero-order valence-corrected chi connectivity index (χ0v) is 21.2. The molecule has 1 heterocycles. The van der Waals surface area contributed by atoms with Crippen LogP contribution in [0, 0.1) is 10.1 Å². The maximum absolute atomic E-state index is 14.0. The molecule has 0 spiro atoms. The summed E-state index contributed by atoms with van der Waals surface area (Å²) in [5, 5.41) is 11.4. The predicted molar refractivity (Wildman–Crippen MR) is 131 cm³/mol. The fraction of sp³-hybridized carbons (Fsp3) is 0.0833. The monoisotopic (exact) mass is 578 g/mol. The normalized spacial score (nSPS) is 12.3. The quantitative estimate of drug-likeness (QED) is 0.179. The Morgan fingerprint density at radius 2 is 1.41 bits per heavy atom. The number of hydrogen-bond donors (Lipinski definition) is 0. The Hall–Kier alpha value is -4.21. The van der Waals surface area contributed by atoms with Crippen LogP contribution in [0.15, 0.2) is 82.6 Å². The third-order valence-corrected chi connectivity index (χ3v) is 7.50. The molecule has 1 aromatic heterocycles. The molecule has 3 aromatic carbocycles. The predicted octanol–water partition coefficient (Wildman–Crippen LogP) is 4.71. The lowest BCUT2D eigenvalue weighted by atomic mass is 9.94. The van der Waals surface area contributed by atoms with Crippen LogP contribution in [0.3, 0.4) is 0 Å². The van der Waals surface area contributed by atoms with E-state index in [0.29, 0.717) is 12.1 Å². The number of aromatic nitrogens is 2. The number of nitro groups is 1. The molecule has 4 rings (SSSR count). The second-order valence-corrected chi connectivity index (χ2v) is 11.5. The molecule has 0 unspecified atom stereocenters. The van der Waals surface area contributed by atoms with E-state index in [2.05, 4.69) is 9.97 Å². The molecular weight excluding hydrogens is 563 g/mol. The molecule has 0 aliphatic carbocycles. The third-order valence-electron chi connectivity index (χ3n) is 5.48. The highest BCUT2D eigenvalue weighted by Crippen LogP contribution is 2.43. The molecule has 39 heavy (non-hydrogen) atoms. The molecule has 0 N–H and O–H groups in total. The smallest absolute Gasteiger partial charge is 0.451 e. The van der Waals surface area contributed by atoms with Gasteiger partial charge in [-0.1, -0.05) is 42.5 Å². The van der Waals surface area contributed by atoms with Crippen molar-refractivity contribution in [3.8, 4) is 33.6 Å². The molecule has 0 bridgehead atoms. The van der Waals surface area contributed by atoms with Gasteiger partial charge in [0.25, 0.3) is 5.69 Å². The van der Waals surface area contributed by atoms with E-state index in [1.807, 2.05) is 0 Å². The van der Waals surface area contributed by atoms with Crippen LogP contribution >= 0.6 is 0 Å². The lowest BCUT2D eigenvalue weighted by Gasteiger charge is -2.20. The fourth-order valence-corrected chi connectivity index (χ4v) is 5.05. The van der Waals surface area contributed by atoms with Crippen LogP contribution in [0.2, 0.25) is 0 Å². The number of nitro benzene ring substituents is 1. The summed E-state index contributed by atoms with van der Waals surface area (Å²) in [5.41, 5.74) is -2.54. The summed E-state index contributed by atoms with van der Waals surface area (Å²) in [6.07, 6.45) is -4.22. The topological polar surface area (TPSA) is 160 Å². The van der Waals surface area contributed by atoms with Crippen LogP contribution in [-0.4, -0.2) is 42.5 Å². The Bertz CT molecular complexity index is 1810. The maximum atomic E-state index is 14.0. The van der Waals surface area contributed by atoms with E-state index in [1.54, 1.807) is 6.07 Å². The minimum absolute atomic E-state index is 0.00707. The van der Waals surface area contributed by atoms with Crippen LogP contribution < -0.4 is 0 Å². The lowest BCUT2D eigenvalue weighted by molar-refractivity contribution is -0.384. The highest BCUT2D eigenvalue weighted by Gasteiger charge is 2.37. The first-order valence-corrected chi connectivity index (χ1v) is 14.0. The number of rotatable bonds is 6. The van der Waals surface area contributed by atoms with Crippen LogP contribution in [-0.2, 0) is 26.1 Å². The molecule has 0 aliphatic rings. The van der Waals surface area contributed by atoms with Crippen molar-refractivity contribution in [3.05, 3.63) is 88.7 Å². The fourth-order valence-electron chi connectivity index (χ4n) is 3.76. The van der Waals surface area contributed by atoms with Crippen molar-refractivity contribution in [2.75, 3.05) is 6.26 Å². The Morgan fingerprint density at radius 3 is 1.92 bits per heavy atom. The van der Waals surface area contributed by atoms with Gasteiger partial charge in [-0.3, -0.25) is 10.1 Å². The molecule has 15 heteroatoms. The number of sulfone groups is 1. The summed E-state index contributed by atoms with van der Waals surface area (Å²) in [6.45, 7) is 0. The summed E-state index contributed by atoms with van der Waals surface area (Å²) in [7, 11) is -9.01. The molecular formula is C24H15F3N3O7S2-. The summed E-state index contributed by atoms with van der Waals surface area (Å²) in [4.78, 5) is 16.6. The van der Waals surface area contributed by atoms with Gasteiger partial charge in [0.05, 0.1) is 26.1 Å². The molecule has 202 valence electrons. The summed E-state index contributed by atoms with van der Waals surface area (Å²) in [6, 6.07) is 14.2. The molecule has 0 saturated heterocycles. The molecule has 0 atom stereocenters. The van der Waals surface area contributed by atoms with E-state index in [4.69, 9.17) is 0 Å². The maximum Gasteiger partial charge on any atom is 0.451 e. The summed E-state index contributed by atoms with van der Waals surface area (Å²) >= 11 is 0. The van der Waals surface area contributed by atoms with Crippen molar-refractivity contribution < 1.29 is 39.5 Å². The SMILES string of the molecule is CS(=O)(=O)c1ccc(-c2nc(C(F)(F)F)nc(-c3cc([N+](=O)[O-])ccc3S(=O)(=O)[O-])c2-c2ccccc2)cc1. The third kappa shape index (κ3) is 5.79. The Balaban J connectivity index is 2.21. The first-order valence-electron chi connectivity index (χ1n) is 10.7. The van der Waals surface area contributed by atoms with Gasteiger partial charge in [0.1, 0.15) is 10.1 Å². The van der Waals surface area contributed by atoms with E-state index in [0.717, 1.165) is 24.5 Å². The van der Waals surface area contributed by atoms with E-state index in [-0.39, 0.29) is 27.3 Å². The summed E-state index contributed by atoms with van der Waals surface area (Å²) < 4.78 is 102. The van der Waals surface area contributed by atoms with Gasteiger partial charge in [0.15, 0.2) is 9.84 Å². The van der Waals surface area contributed by atoms with E-state index < -0.39 is 58.7 Å². The summed E-state index contributed by atoms with van der Waals surface area (Å²) in [5.74, 6) is -1.72. The molecule has 10 nitrogen and oxygen atoms in total. The van der Waals surface area contributed by atoms with E-state index in [1.165, 1.54) is 36.4 Å². The number of non-ortho nitro benzene ring substituents is 1. The zero-order chi connectivity index (χ0) is 28.8. The first kappa shape index (κ1) is 27.8. The van der Waals surface area contributed by atoms with Gasteiger partial charge in [0, 0.05) is 35.1 Å². The lowest BCUT2D eigenvalue weighted by Crippen LogP contribution is -2.14. The molecule has 0 amide bonds. The highest BCUT2D eigenvalue weighted by molar-refractivity contribution is 7.90. The molecule has 0 radical (unpaired) electrons. The first-order chi connectivity index (χ1) is 18.1. The van der Waals surface area contributed by atoms with Crippen LogP contribution in [0.1, 0.15) is 5.82 Å². The van der Waals surface area contributed by atoms with E-state index >= 15 is 0 Å². The van der Waals surface area contributed by atoms with Gasteiger partial charge < -0.3 is 4.55 Å². The largest absolute Gasteiger partial charge is 0.744 e. The molecule has 0 aliphatic heterocycles. The number of halogens is 3. The van der Waals surface area contributed by atoms with Gasteiger partial charge in [0.2, 0.25) is 5.82 Å². The van der Waals surface area contributed by atoms with Crippen LogP contribution in [0.4, 0.5) is 18.9 Å². The number of alkyl halides is 3. The van der Waals surface area contributed by atoms with Crippen LogP contribution in [0.25, 0.3) is 33.6 Å². The highest BCUT2D eigenvalue weighted by atomic mass is 32.2. The van der Waals surface area contributed by atoms with Crippen molar-refractivity contribution >= 4 is 25.6 Å². The van der Waals surface area contributed by atoms with Crippen LogP contribution in [0.5, 0.6) is 0 Å². The average molecular weight is 579 g/mol. The van der Waals surface area contributed by atoms with E-state index in [9.17, 15) is 44.7 Å². The van der Waals surface area contributed by atoms with Crippen molar-refractivity contribution in [3.63, 3.8) is 0 Å². The number of nitrogens with zero attached hydrogens (tertiary/aromatic N) is 3. The van der Waals surface area contributed by atoms with Crippen molar-refractivity contribution in [1.29, 1.82) is 0 Å². The van der Waals surface area contributed by atoms with Crippen molar-refractivity contribution in [2.24, 2.45) is 0 Å². The van der Waals surface area contributed by atoms with Gasteiger partial charge >= 0.3 is 6.18 Å². The van der Waals surface area contributed by atoms with Gasteiger partial charge in [-0.25, -0.2) is 26.8 Å². The second kappa shape index (κ2) is 9.83. The molecule has 4 aromatic rings. The van der Waals surface area contributed by atoms with Gasteiger partial charge in [-0.05, 0) is 23.8 Å². The van der Waals surface area contributed by atoms with Crippen molar-refractivity contribution in [1.82, 2.24) is 9.97 Å².